The Morgan fingerprint density at radius 2 is 1.75 bits per heavy atom. The van der Waals surface area contributed by atoms with E-state index in [2.05, 4.69) is 10.3 Å². The van der Waals surface area contributed by atoms with Gasteiger partial charge >= 0.3 is 0 Å². The molecule has 0 atom stereocenters. The third kappa shape index (κ3) is 1.93. The maximum Gasteiger partial charge on any atom is 0.261 e. The zero-order valence-electron chi connectivity index (χ0n) is 11.0. The van der Waals surface area contributed by atoms with Crippen LogP contribution in [0.25, 0.3) is 0 Å². The molecule has 0 unspecified atom stereocenters. The predicted octanol–water partition coefficient (Wildman–Crippen LogP) is 1.92. The predicted molar refractivity (Wildman–Crippen MR) is 74.4 cm³/mol. The van der Waals surface area contributed by atoms with Crippen LogP contribution in [0.15, 0.2) is 42.6 Å². The van der Waals surface area contributed by atoms with E-state index >= 15 is 0 Å². The van der Waals surface area contributed by atoms with Crippen molar-refractivity contribution in [3.8, 4) is 0 Å². The van der Waals surface area contributed by atoms with Crippen LogP contribution in [0.1, 0.15) is 26.3 Å². The molecule has 1 aliphatic rings. The number of nitrogens with one attached hydrogen (secondary N) is 1. The molecule has 1 N–H and O–H groups in total. The standard InChI is InChI=1S/C15H13N3O2/c1-16-13-8-10(6-7-17-13)9-18-14(19)11-4-2-3-5-12(11)15(18)20/h2-8H,9H2,1H3,(H,16,17). The molecule has 0 radical (unpaired) electrons. The molecule has 2 aromatic rings. The molecule has 2 heterocycles. The molecule has 0 saturated carbocycles. The Morgan fingerprint density at radius 3 is 2.35 bits per heavy atom. The number of hydrogen-bond donors (Lipinski definition) is 1. The number of nitrogens with zero attached hydrogens (tertiary/aromatic N) is 2. The topological polar surface area (TPSA) is 62.3 Å². The highest BCUT2D eigenvalue weighted by molar-refractivity contribution is 6.21. The fraction of sp³-hybridized carbons (Fsp3) is 0.133. The van der Waals surface area contributed by atoms with Crippen molar-refractivity contribution in [2.75, 3.05) is 12.4 Å². The molecule has 5 nitrogen and oxygen atoms in total. The molecule has 2 amide bonds. The van der Waals surface area contributed by atoms with Crippen molar-refractivity contribution < 1.29 is 9.59 Å². The van der Waals surface area contributed by atoms with Gasteiger partial charge in [0.25, 0.3) is 11.8 Å². The number of rotatable bonds is 3. The first-order valence-electron chi connectivity index (χ1n) is 6.28. The van der Waals surface area contributed by atoms with E-state index < -0.39 is 0 Å². The summed E-state index contributed by atoms with van der Waals surface area (Å²) >= 11 is 0. The third-order valence-corrected chi connectivity index (χ3v) is 3.30. The zero-order chi connectivity index (χ0) is 14.1. The first-order valence-corrected chi connectivity index (χ1v) is 6.28. The molecule has 1 aromatic carbocycles. The van der Waals surface area contributed by atoms with E-state index in [9.17, 15) is 9.59 Å². The van der Waals surface area contributed by atoms with Crippen LogP contribution in [0, 0.1) is 0 Å². The second-order valence-corrected chi connectivity index (χ2v) is 4.54. The highest BCUT2D eigenvalue weighted by Gasteiger charge is 2.34. The van der Waals surface area contributed by atoms with Gasteiger partial charge in [-0.15, -0.1) is 0 Å². The van der Waals surface area contributed by atoms with E-state index in [0.717, 1.165) is 5.56 Å². The van der Waals surface area contributed by atoms with Crippen LogP contribution >= 0.6 is 0 Å². The van der Waals surface area contributed by atoms with Crippen molar-refractivity contribution in [1.29, 1.82) is 0 Å². The largest absolute Gasteiger partial charge is 0.373 e. The van der Waals surface area contributed by atoms with Crippen LogP contribution in [-0.4, -0.2) is 28.7 Å². The maximum atomic E-state index is 12.2. The number of carbonyl (C=O) groups excluding carboxylic acids is 2. The average molecular weight is 267 g/mol. The minimum Gasteiger partial charge on any atom is -0.373 e. The second kappa shape index (κ2) is 4.77. The molecular weight excluding hydrogens is 254 g/mol. The van der Waals surface area contributed by atoms with Crippen molar-refractivity contribution in [3.05, 3.63) is 59.3 Å². The van der Waals surface area contributed by atoms with Crippen LogP contribution in [0.3, 0.4) is 0 Å². The average Bonchev–Trinajstić information content (AvgIpc) is 2.73. The van der Waals surface area contributed by atoms with Gasteiger partial charge < -0.3 is 5.32 Å². The van der Waals surface area contributed by atoms with Gasteiger partial charge in [-0.3, -0.25) is 14.5 Å². The third-order valence-electron chi connectivity index (χ3n) is 3.30. The van der Waals surface area contributed by atoms with E-state index in [1.165, 1.54) is 4.90 Å². The quantitative estimate of drug-likeness (QED) is 0.863. The maximum absolute atomic E-state index is 12.2. The summed E-state index contributed by atoms with van der Waals surface area (Å²) in [6.07, 6.45) is 1.65. The van der Waals surface area contributed by atoms with E-state index in [1.807, 2.05) is 6.07 Å². The van der Waals surface area contributed by atoms with Gasteiger partial charge in [0.05, 0.1) is 17.7 Å². The van der Waals surface area contributed by atoms with Crippen LogP contribution < -0.4 is 5.32 Å². The van der Waals surface area contributed by atoms with Gasteiger partial charge in [-0.25, -0.2) is 4.98 Å². The van der Waals surface area contributed by atoms with Crippen LogP contribution in [0.4, 0.5) is 5.82 Å². The highest BCUT2D eigenvalue weighted by Crippen LogP contribution is 2.24. The summed E-state index contributed by atoms with van der Waals surface area (Å²) in [5, 5.41) is 2.93. The summed E-state index contributed by atoms with van der Waals surface area (Å²) in [5.74, 6) is 0.223. The Morgan fingerprint density at radius 1 is 1.10 bits per heavy atom. The molecular formula is C15H13N3O2. The highest BCUT2D eigenvalue weighted by atomic mass is 16.2. The van der Waals surface area contributed by atoms with E-state index in [0.29, 0.717) is 16.9 Å². The second-order valence-electron chi connectivity index (χ2n) is 4.54. The lowest BCUT2D eigenvalue weighted by Crippen LogP contribution is -2.29. The van der Waals surface area contributed by atoms with Crippen molar-refractivity contribution in [1.82, 2.24) is 9.88 Å². The lowest BCUT2D eigenvalue weighted by Gasteiger charge is -2.14. The summed E-state index contributed by atoms with van der Waals surface area (Å²) in [6, 6.07) is 10.5. The SMILES string of the molecule is CNc1cc(CN2C(=O)c3ccccc3C2=O)ccn1. The Hall–Kier alpha value is -2.69. The number of amides is 2. The number of anilines is 1. The van der Waals surface area contributed by atoms with E-state index in [1.54, 1.807) is 43.6 Å². The summed E-state index contributed by atoms with van der Waals surface area (Å²) in [6.45, 7) is 0.254. The van der Waals surface area contributed by atoms with E-state index in [-0.39, 0.29) is 18.4 Å². The molecule has 20 heavy (non-hydrogen) atoms. The van der Waals surface area contributed by atoms with Crippen LogP contribution in [0.2, 0.25) is 0 Å². The van der Waals surface area contributed by atoms with E-state index in [4.69, 9.17) is 0 Å². The van der Waals surface area contributed by atoms with Crippen molar-refractivity contribution in [2.24, 2.45) is 0 Å². The van der Waals surface area contributed by atoms with Crippen molar-refractivity contribution in [3.63, 3.8) is 0 Å². The van der Waals surface area contributed by atoms with Gasteiger partial charge in [0, 0.05) is 13.2 Å². The van der Waals surface area contributed by atoms with Gasteiger partial charge in [0.15, 0.2) is 0 Å². The summed E-state index contributed by atoms with van der Waals surface area (Å²) in [7, 11) is 1.77. The zero-order valence-corrected chi connectivity index (χ0v) is 11.0. The molecule has 0 spiro atoms. The first kappa shape index (κ1) is 12.3. The molecule has 0 aliphatic carbocycles. The Bertz CT molecular complexity index is 662. The van der Waals surface area contributed by atoms with Crippen LogP contribution in [0.5, 0.6) is 0 Å². The first-order chi connectivity index (χ1) is 9.70. The number of benzene rings is 1. The van der Waals surface area contributed by atoms with Gasteiger partial charge in [-0.1, -0.05) is 12.1 Å². The van der Waals surface area contributed by atoms with Gasteiger partial charge in [0.1, 0.15) is 5.82 Å². The van der Waals surface area contributed by atoms with Crippen molar-refractivity contribution >= 4 is 17.6 Å². The lowest BCUT2D eigenvalue weighted by molar-refractivity contribution is 0.0642. The summed E-state index contributed by atoms with van der Waals surface area (Å²) in [5.41, 5.74) is 1.81. The normalized spacial score (nSPS) is 13.6. The van der Waals surface area contributed by atoms with Gasteiger partial charge in [0.2, 0.25) is 0 Å². The molecule has 5 heteroatoms. The molecule has 0 fully saturated rings. The number of imide groups is 1. The molecule has 1 aliphatic heterocycles. The fourth-order valence-electron chi connectivity index (χ4n) is 2.27. The number of carbonyl (C=O) groups is 2. The number of pyridine rings is 1. The minimum atomic E-state index is -0.242. The minimum absolute atomic E-state index is 0.242. The summed E-state index contributed by atoms with van der Waals surface area (Å²) < 4.78 is 0. The number of hydrogen-bond acceptors (Lipinski definition) is 4. The monoisotopic (exact) mass is 267 g/mol. The van der Waals surface area contributed by atoms with Gasteiger partial charge in [-0.2, -0.15) is 0 Å². The molecule has 0 saturated heterocycles. The summed E-state index contributed by atoms with van der Waals surface area (Å²) in [4.78, 5) is 29.9. The Labute approximate surface area is 116 Å². The van der Waals surface area contributed by atoms with Gasteiger partial charge in [-0.05, 0) is 29.8 Å². The number of fused-ring (bicyclic) bond motifs is 1. The Balaban J connectivity index is 1.89. The Kier molecular flexibility index (Phi) is 2.95. The molecule has 1 aromatic heterocycles. The van der Waals surface area contributed by atoms with Crippen LogP contribution in [-0.2, 0) is 6.54 Å². The molecule has 3 rings (SSSR count). The lowest BCUT2D eigenvalue weighted by atomic mass is 10.1. The van der Waals surface area contributed by atoms with Crippen molar-refractivity contribution in [2.45, 2.75) is 6.54 Å². The molecule has 0 bridgehead atoms. The fourth-order valence-corrected chi connectivity index (χ4v) is 2.27. The number of aromatic nitrogens is 1. The smallest absolute Gasteiger partial charge is 0.261 e. The molecule has 100 valence electrons.